The third-order valence-corrected chi connectivity index (χ3v) is 2.73. The van der Waals surface area contributed by atoms with Crippen molar-refractivity contribution in [3.63, 3.8) is 0 Å². The fourth-order valence-corrected chi connectivity index (χ4v) is 1.88. The summed E-state index contributed by atoms with van der Waals surface area (Å²) in [5, 5.41) is 0. The lowest BCUT2D eigenvalue weighted by Gasteiger charge is -1.89. The Morgan fingerprint density at radius 2 is 1.86 bits per heavy atom. The van der Waals surface area contributed by atoms with Gasteiger partial charge in [0.05, 0.1) is 0 Å². The second-order valence-electron chi connectivity index (χ2n) is 2.28. The summed E-state index contributed by atoms with van der Waals surface area (Å²) < 4.78 is 5.17. The minimum atomic E-state index is 0.361. The van der Waals surface area contributed by atoms with Crippen LogP contribution in [0.25, 0.3) is 0 Å². The summed E-state index contributed by atoms with van der Waals surface area (Å²) in [5.41, 5.74) is 0. The van der Waals surface area contributed by atoms with Crippen molar-refractivity contribution in [2.24, 2.45) is 0 Å². The minimum absolute atomic E-state index is 0.361. The van der Waals surface area contributed by atoms with Gasteiger partial charge in [-0.05, 0) is 25.7 Å². The van der Waals surface area contributed by atoms with Crippen molar-refractivity contribution in [2.75, 3.05) is 0 Å². The highest BCUT2D eigenvalue weighted by molar-refractivity contribution is 8.01. The molecule has 7 heavy (non-hydrogen) atoms. The Hall–Kier alpha value is 0.310. The molecule has 1 saturated carbocycles. The van der Waals surface area contributed by atoms with Crippen molar-refractivity contribution in [1.29, 1.82) is 0 Å². The van der Waals surface area contributed by atoms with Crippen LogP contribution in [0.3, 0.4) is 0 Å². The highest BCUT2D eigenvalue weighted by atomic mass is 32.2. The summed E-state index contributed by atoms with van der Waals surface area (Å²) in [5.74, 6) is 0. The highest BCUT2D eigenvalue weighted by Crippen LogP contribution is 2.57. The second kappa shape index (κ2) is 1.17. The van der Waals surface area contributed by atoms with Crippen LogP contribution in [0.4, 0.5) is 0 Å². The van der Waals surface area contributed by atoms with E-state index in [0.717, 1.165) is 0 Å². The van der Waals surface area contributed by atoms with Gasteiger partial charge in [0.15, 0.2) is 4.93 Å². The van der Waals surface area contributed by atoms with E-state index in [0.29, 0.717) is 4.93 Å². The zero-order valence-corrected chi connectivity index (χ0v) is 4.96. The van der Waals surface area contributed by atoms with E-state index in [-0.39, 0.29) is 0 Å². The quantitative estimate of drug-likeness (QED) is 0.354. The van der Waals surface area contributed by atoms with Crippen LogP contribution in [0.1, 0.15) is 25.7 Å². The molecule has 0 amide bonds. The standard InChI is InChI=1S/C5H8OS/c1-2-4-5(3-1)6-7-5/h1-4H2. The zero-order chi connectivity index (χ0) is 4.74. The maximum Gasteiger partial charge on any atom is 0.153 e. The molecule has 0 N–H and O–H groups in total. The Bertz CT molecular complexity index is 80.1. The summed E-state index contributed by atoms with van der Waals surface area (Å²) in [6, 6.07) is 0. The lowest BCUT2D eigenvalue weighted by Crippen LogP contribution is -1.96. The Morgan fingerprint density at radius 1 is 1.29 bits per heavy atom. The normalized spacial score (nSPS) is 34.3. The molecule has 2 rings (SSSR count). The maximum atomic E-state index is 5.17. The molecule has 0 radical (unpaired) electrons. The van der Waals surface area contributed by atoms with Gasteiger partial charge in [0.25, 0.3) is 0 Å². The van der Waals surface area contributed by atoms with Crippen molar-refractivity contribution >= 4 is 12.0 Å². The average molecular weight is 116 g/mol. The summed E-state index contributed by atoms with van der Waals surface area (Å²) in [6.07, 6.45) is 5.37. The first kappa shape index (κ1) is 4.21. The predicted molar refractivity (Wildman–Crippen MR) is 29.9 cm³/mol. The van der Waals surface area contributed by atoms with Crippen LogP contribution in [0.2, 0.25) is 0 Å². The molecule has 1 aliphatic heterocycles. The molecule has 1 saturated heterocycles. The molecule has 0 aromatic heterocycles. The lowest BCUT2D eigenvalue weighted by molar-refractivity contribution is 0.326. The van der Waals surface area contributed by atoms with Gasteiger partial charge in [-0.1, -0.05) is 0 Å². The van der Waals surface area contributed by atoms with Crippen molar-refractivity contribution < 1.29 is 4.18 Å². The van der Waals surface area contributed by atoms with Crippen molar-refractivity contribution in [1.82, 2.24) is 0 Å². The summed E-state index contributed by atoms with van der Waals surface area (Å²) in [4.78, 5) is 0.361. The smallest absolute Gasteiger partial charge is 0.153 e. The molecule has 1 heterocycles. The van der Waals surface area contributed by atoms with Gasteiger partial charge in [-0.15, -0.1) is 0 Å². The lowest BCUT2D eigenvalue weighted by atomic mass is 10.3. The summed E-state index contributed by atoms with van der Waals surface area (Å²) in [7, 11) is 0. The summed E-state index contributed by atoms with van der Waals surface area (Å²) >= 11 is 1.68. The van der Waals surface area contributed by atoms with Crippen LogP contribution in [0.5, 0.6) is 0 Å². The van der Waals surface area contributed by atoms with Crippen LogP contribution >= 0.6 is 12.0 Å². The molecule has 0 unspecified atom stereocenters. The molecule has 1 nitrogen and oxygen atoms in total. The van der Waals surface area contributed by atoms with E-state index < -0.39 is 0 Å². The van der Waals surface area contributed by atoms with E-state index in [4.69, 9.17) is 4.18 Å². The molecule has 40 valence electrons. The molecule has 2 fully saturated rings. The molecule has 1 aliphatic carbocycles. The number of hydrogen-bond acceptors (Lipinski definition) is 2. The Balaban J connectivity index is 2.07. The molecule has 0 aromatic rings. The molecule has 2 heteroatoms. The van der Waals surface area contributed by atoms with E-state index in [1.54, 1.807) is 12.0 Å². The van der Waals surface area contributed by atoms with E-state index >= 15 is 0 Å². The number of rotatable bonds is 0. The van der Waals surface area contributed by atoms with Crippen LogP contribution in [-0.4, -0.2) is 4.93 Å². The third-order valence-electron chi connectivity index (χ3n) is 1.68. The Morgan fingerprint density at radius 3 is 2.14 bits per heavy atom. The van der Waals surface area contributed by atoms with Gasteiger partial charge < -0.3 is 0 Å². The van der Waals surface area contributed by atoms with Gasteiger partial charge in [-0.25, -0.2) is 0 Å². The number of hydrogen-bond donors (Lipinski definition) is 0. The molecule has 1 spiro atoms. The van der Waals surface area contributed by atoms with Gasteiger partial charge in [0.2, 0.25) is 0 Å². The van der Waals surface area contributed by atoms with Crippen molar-refractivity contribution in [3.8, 4) is 0 Å². The van der Waals surface area contributed by atoms with Gasteiger partial charge in [0.1, 0.15) is 0 Å². The molecule has 0 bridgehead atoms. The minimum Gasteiger partial charge on any atom is -0.293 e. The predicted octanol–water partition coefficient (Wildman–Crippen LogP) is 1.94. The van der Waals surface area contributed by atoms with Crippen LogP contribution in [0.15, 0.2) is 0 Å². The van der Waals surface area contributed by atoms with E-state index in [1.165, 1.54) is 25.7 Å². The largest absolute Gasteiger partial charge is 0.293 e. The Kier molecular flexibility index (Phi) is 0.707. The first-order chi connectivity index (χ1) is 3.41. The Labute approximate surface area is 47.6 Å². The molecule has 0 aromatic carbocycles. The van der Waals surface area contributed by atoms with Gasteiger partial charge in [-0.2, -0.15) is 0 Å². The first-order valence-corrected chi connectivity index (χ1v) is 3.52. The van der Waals surface area contributed by atoms with Crippen molar-refractivity contribution in [3.05, 3.63) is 0 Å². The topological polar surface area (TPSA) is 12.5 Å². The third kappa shape index (κ3) is 0.572. The van der Waals surface area contributed by atoms with Gasteiger partial charge in [-0.3, -0.25) is 4.18 Å². The molecule has 2 aliphatic rings. The van der Waals surface area contributed by atoms with Crippen LogP contribution in [0, 0.1) is 0 Å². The summed E-state index contributed by atoms with van der Waals surface area (Å²) in [6.45, 7) is 0. The van der Waals surface area contributed by atoms with Crippen LogP contribution < -0.4 is 0 Å². The molecule has 0 atom stereocenters. The van der Waals surface area contributed by atoms with E-state index in [1.807, 2.05) is 0 Å². The van der Waals surface area contributed by atoms with Gasteiger partial charge >= 0.3 is 0 Å². The highest BCUT2D eigenvalue weighted by Gasteiger charge is 2.49. The van der Waals surface area contributed by atoms with E-state index in [2.05, 4.69) is 0 Å². The van der Waals surface area contributed by atoms with Crippen LogP contribution in [-0.2, 0) is 4.18 Å². The monoisotopic (exact) mass is 116 g/mol. The fourth-order valence-electron chi connectivity index (χ4n) is 1.14. The van der Waals surface area contributed by atoms with E-state index in [9.17, 15) is 0 Å². The van der Waals surface area contributed by atoms with Gasteiger partial charge in [0, 0.05) is 12.0 Å². The SMILES string of the molecule is C1CCC2(C1)OS2. The molecular weight excluding hydrogens is 108 g/mol. The maximum absolute atomic E-state index is 5.17. The molecular formula is C5H8OS. The first-order valence-electron chi connectivity index (χ1n) is 2.78. The van der Waals surface area contributed by atoms with Crippen molar-refractivity contribution in [2.45, 2.75) is 30.6 Å². The average Bonchev–Trinajstić information content (AvgIpc) is 2.15. The zero-order valence-electron chi connectivity index (χ0n) is 4.14. The fraction of sp³-hybridized carbons (Fsp3) is 1.00. The second-order valence-corrected chi connectivity index (χ2v) is 3.36.